The van der Waals surface area contributed by atoms with Crippen molar-refractivity contribution in [3.63, 3.8) is 0 Å². The van der Waals surface area contributed by atoms with Gasteiger partial charge in [0.25, 0.3) is 5.69 Å². The minimum Gasteiger partial charge on any atom is -0.352 e. The molecule has 154 valence electrons. The fourth-order valence-electron chi connectivity index (χ4n) is 3.92. The van der Waals surface area contributed by atoms with Crippen LogP contribution in [0.1, 0.15) is 43.2 Å². The van der Waals surface area contributed by atoms with Crippen LogP contribution in [0.3, 0.4) is 0 Å². The third-order valence-electron chi connectivity index (χ3n) is 5.35. The zero-order valence-corrected chi connectivity index (χ0v) is 17.5. The molecular formula is C22H23N5O2S. The second kappa shape index (κ2) is 8.62. The number of benzene rings is 1. The Bertz CT molecular complexity index is 1050. The van der Waals surface area contributed by atoms with Crippen LogP contribution in [0, 0.1) is 10.1 Å². The minimum atomic E-state index is -0.372. The van der Waals surface area contributed by atoms with Crippen LogP contribution < -0.4 is 5.32 Å². The van der Waals surface area contributed by atoms with Gasteiger partial charge in [0, 0.05) is 36.8 Å². The van der Waals surface area contributed by atoms with E-state index in [4.69, 9.17) is 12.2 Å². The highest BCUT2D eigenvalue weighted by atomic mass is 32.1. The first-order valence-electron chi connectivity index (χ1n) is 10.00. The number of nitrogens with one attached hydrogen (secondary N) is 1. The summed E-state index contributed by atoms with van der Waals surface area (Å²) >= 11 is 5.69. The summed E-state index contributed by atoms with van der Waals surface area (Å²) in [6.07, 6.45) is 5.80. The van der Waals surface area contributed by atoms with Crippen molar-refractivity contribution < 1.29 is 4.92 Å². The average Bonchev–Trinajstić information content (AvgIpc) is 3.37. The van der Waals surface area contributed by atoms with Crippen LogP contribution in [0.2, 0.25) is 0 Å². The molecule has 1 saturated heterocycles. The van der Waals surface area contributed by atoms with Gasteiger partial charge in [-0.15, -0.1) is 0 Å². The lowest BCUT2D eigenvalue weighted by Gasteiger charge is -2.28. The molecule has 0 spiro atoms. The molecule has 0 bridgehead atoms. The predicted molar refractivity (Wildman–Crippen MR) is 119 cm³/mol. The van der Waals surface area contributed by atoms with Crippen LogP contribution in [0.15, 0.2) is 67.0 Å². The maximum Gasteiger partial charge on any atom is 0.271 e. The molecule has 0 radical (unpaired) electrons. The van der Waals surface area contributed by atoms with Crippen LogP contribution in [-0.2, 0) is 0 Å². The maximum absolute atomic E-state index is 11.3. The van der Waals surface area contributed by atoms with Crippen molar-refractivity contribution in [1.82, 2.24) is 19.8 Å². The number of non-ortho nitro benzene ring substituents is 1. The predicted octanol–water partition coefficient (Wildman–Crippen LogP) is 4.55. The van der Waals surface area contributed by atoms with E-state index < -0.39 is 0 Å². The van der Waals surface area contributed by atoms with E-state index in [9.17, 15) is 10.1 Å². The van der Waals surface area contributed by atoms with Gasteiger partial charge in [0.1, 0.15) is 0 Å². The van der Waals surface area contributed by atoms with E-state index in [0.29, 0.717) is 5.11 Å². The van der Waals surface area contributed by atoms with Gasteiger partial charge in [0.2, 0.25) is 0 Å². The Morgan fingerprint density at radius 1 is 1.20 bits per heavy atom. The van der Waals surface area contributed by atoms with Gasteiger partial charge in [0.15, 0.2) is 5.11 Å². The van der Waals surface area contributed by atoms with E-state index in [-0.39, 0.29) is 22.7 Å². The maximum atomic E-state index is 11.3. The lowest BCUT2D eigenvalue weighted by Crippen LogP contribution is -2.31. The molecule has 8 heteroatoms. The summed E-state index contributed by atoms with van der Waals surface area (Å²) in [7, 11) is 0. The standard InChI is InChI=1S/C22H23N5O2S/c1-2-3-13-26-21(20(24-22(26)30)18-10-4-5-12-23-18)19-11-7-14-25(19)16-8-6-9-17(15-16)27(28)29/h4-12,14-15,20-21H,2-3,13H2,1H3,(H,24,30)/t20-,21-/m1/s1. The molecule has 30 heavy (non-hydrogen) atoms. The van der Waals surface area contributed by atoms with Gasteiger partial charge in [-0.3, -0.25) is 15.1 Å². The number of nitrogens with zero attached hydrogens (tertiary/aromatic N) is 4. The average molecular weight is 422 g/mol. The molecule has 1 N–H and O–H groups in total. The van der Waals surface area contributed by atoms with E-state index in [1.165, 1.54) is 6.07 Å². The number of nitro benzene ring substituents is 1. The highest BCUT2D eigenvalue weighted by Crippen LogP contribution is 2.39. The van der Waals surface area contributed by atoms with E-state index in [0.717, 1.165) is 36.5 Å². The summed E-state index contributed by atoms with van der Waals surface area (Å²) < 4.78 is 2.00. The molecule has 0 aliphatic carbocycles. The Hall–Kier alpha value is -3.26. The number of pyridine rings is 1. The third-order valence-corrected chi connectivity index (χ3v) is 5.70. The number of hydrogen-bond donors (Lipinski definition) is 1. The molecule has 2 atom stereocenters. The normalized spacial score (nSPS) is 18.4. The summed E-state index contributed by atoms with van der Waals surface area (Å²) in [6, 6.07) is 16.4. The number of unbranched alkanes of at least 4 members (excludes halogenated alkanes) is 1. The molecule has 3 aromatic rings. The van der Waals surface area contributed by atoms with E-state index >= 15 is 0 Å². The smallest absolute Gasteiger partial charge is 0.271 e. The third kappa shape index (κ3) is 3.78. The molecular weight excluding hydrogens is 398 g/mol. The second-order valence-electron chi connectivity index (χ2n) is 7.25. The Balaban J connectivity index is 1.79. The topological polar surface area (TPSA) is 76.2 Å². The van der Waals surface area contributed by atoms with Gasteiger partial charge in [0.05, 0.1) is 28.4 Å². The molecule has 1 fully saturated rings. The van der Waals surface area contributed by atoms with E-state index in [1.54, 1.807) is 18.3 Å². The number of thiocarbonyl (C=S) groups is 1. The largest absolute Gasteiger partial charge is 0.352 e. The second-order valence-corrected chi connectivity index (χ2v) is 7.64. The Kier molecular flexibility index (Phi) is 5.76. The molecule has 1 aliphatic heterocycles. The number of nitro groups is 1. The quantitative estimate of drug-likeness (QED) is 0.343. The molecule has 2 aromatic heterocycles. The van der Waals surface area contributed by atoms with Crippen molar-refractivity contribution in [3.05, 3.63) is 88.5 Å². The van der Waals surface area contributed by atoms with Gasteiger partial charge in [-0.2, -0.15) is 0 Å². The number of aromatic nitrogens is 2. The highest BCUT2D eigenvalue weighted by Gasteiger charge is 2.40. The molecule has 1 aromatic carbocycles. The molecule has 0 amide bonds. The lowest BCUT2D eigenvalue weighted by molar-refractivity contribution is -0.384. The van der Waals surface area contributed by atoms with Crippen molar-refractivity contribution in [3.8, 4) is 5.69 Å². The highest BCUT2D eigenvalue weighted by molar-refractivity contribution is 7.80. The van der Waals surface area contributed by atoms with E-state index in [1.807, 2.05) is 47.2 Å². The first kappa shape index (κ1) is 20.0. The first-order chi connectivity index (χ1) is 14.6. The van der Waals surface area contributed by atoms with Crippen LogP contribution in [0.25, 0.3) is 5.69 Å². The van der Waals surface area contributed by atoms with Crippen LogP contribution in [0.4, 0.5) is 5.69 Å². The van der Waals surface area contributed by atoms with Gasteiger partial charge < -0.3 is 14.8 Å². The molecule has 1 aliphatic rings. The van der Waals surface area contributed by atoms with Gasteiger partial charge in [-0.05, 0) is 49.0 Å². The van der Waals surface area contributed by atoms with Crippen molar-refractivity contribution in [1.29, 1.82) is 0 Å². The van der Waals surface area contributed by atoms with Gasteiger partial charge >= 0.3 is 0 Å². The lowest BCUT2D eigenvalue weighted by atomic mass is 10.0. The van der Waals surface area contributed by atoms with Crippen LogP contribution >= 0.6 is 12.2 Å². The molecule has 0 saturated carbocycles. The summed E-state index contributed by atoms with van der Waals surface area (Å²) in [6.45, 7) is 2.99. The van der Waals surface area contributed by atoms with Crippen molar-refractivity contribution in [2.24, 2.45) is 0 Å². The van der Waals surface area contributed by atoms with Gasteiger partial charge in [-0.1, -0.05) is 25.5 Å². The zero-order chi connectivity index (χ0) is 21.1. The minimum absolute atomic E-state index is 0.0660. The Morgan fingerprint density at radius 2 is 2.07 bits per heavy atom. The fourth-order valence-corrected chi connectivity index (χ4v) is 4.25. The summed E-state index contributed by atoms with van der Waals surface area (Å²) in [5.74, 6) is 0. The molecule has 4 rings (SSSR count). The van der Waals surface area contributed by atoms with Crippen LogP contribution in [0.5, 0.6) is 0 Å². The van der Waals surface area contributed by atoms with Gasteiger partial charge in [-0.25, -0.2) is 0 Å². The van der Waals surface area contributed by atoms with E-state index in [2.05, 4.69) is 22.1 Å². The summed E-state index contributed by atoms with van der Waals surface area (Å²) in [4.78, 5) is 17.7. The monoisotopic (exact) mass is 421 g/mol. The Morgan fingerprint density at radius 3 is 2.80 bits per heavy atom. The fraction of sp³-hybridized carbons (Fsp3) is 0.273. The van der Waals surface area contributed by atoms with Crippen molar-refractivity contribution in [2.75, 3.05) is 6.54 Å². The first-order valence-corrected chi connectivity index (χ1v) is 10.4. The van der Waals surface area contributed by atoms with Crippen LogP contribution in [-0.4, -0.2) is 31.0 Å². The molecule has 3 heterocycles. The van der Waals surface area contributed by atoms with Crippen molar-refractivity contribution >= 4 is 23.0 Å². The number of rotatable bonds is 7. The molecule has 0 unspecified atom stereocenters. The molecule has 7 nitrogen and oxygen atoms in total. The Labute approximate surface area is 180 Å². The summed E-state index contributed by atoms with van der Waals surface area (Å²) in [5, 5.41) is 15.4. The van der Waals surface area contributed by atoms with Crippen molar-refractivity contribution in [2.45, 2.75) is 31.8 Å². The number of hydrogen-bond acceptors (Lipinski definition) is 4. The SMILES string of the molecule is CCCCN1C(=S)N[C@H](c2ccccn2)[C@H]1c1cccn1-c1cccc([N+](=O)[O-])c1. The summed E-state index contributed by atoms with van der Waals surface area (Å²) in [5.41, 5.74) is 2.74. The zero-order valence-electron chi connectivity index (χ0n) is 16.6.